The maximum absolute atomic E-state index is 12.1. The lowest BCUT2D eigenvalue weighted by molar-refractivity contribution is 0.0693. The molecule has 0 bridgehead atoms. The normalized spacial score (nSPS) is 11.8. The number of nitrogens with zero attached hydrogens (tertiary/aromatic N) is 5. The van der Waals surface area contributed by atoms with Crippen LogP contribution in [0, 0.1) is 0 Å². The largest absolute Gasteiger partial charge is 0.507 e. The molecule has 0 fully saturated rings. The van der Waals surface area contributed by atoms with Gasteiger partial charge in [0.15, 0.2) is 0 Å². The molecule has 6 rings (SSSR count). The molecule has 0 atom stereocenters. The van der Waals surface area contributed by atoms with E-state index >= 15 is 0 Å². The van der Waals surface area contributed by atoms with Crippen molar-refractivity contribution < 1.29 is 46.1 Å². The van der Waals surface area contributed by atoms with Gasteiger partial charge in [-0.2, -0.15) is 42.0 Å². The van der Waals surface area contributed by atoms with E-state index in [4.69, 9.17) is 0 Å². The molecule has 0 saturated carbocycles. The van der Waals surface area contributed by atoms with Crippen LogP contribution >= 0.6 is 0 Å². The van der Waals surface area contributed by atoms with Gasteiger partial charge in [-0.25, -0.2) is 4.79 Å². The molecule has 6 aromatic rings. The van der Waals surface area contributed by atoms with Crippen LogP contribution in [0.2, 0.25) is 0 Å². The molecule has 0 amide bonds. The maximum atomic E-state index is 12.1. The van der Waals surface area contributed by atoms with Crippen molar-refractivity contribution in [3.63, 3.8) is 0 Å². The second kappa shape index (κ2) is 13.9. The number of benzene rings is 5. The molecule has 1 heterocycles. The zero-order valence-corrected chi connectivity index (χ0v) is 27.7. The topological polar surface area (TPSA) is 286 Å². The van der Waals surface area contributed by atoms with Crippen molar-refractivity contribution in [3.8, 4) is 11.5 Å². The number of carboxylic acids is 1. The van der Waals surface area contributed by atoms with Crippen LogP contribution in [-0.2, 0) is 20.2 Å². The highest BCUT2D eigenvalue weighted by Crippen LogP contribution is 2.38. The Morgan fingerprint density at radius 2 is 1.12 bits per heavy atom. The molecule has 0 aliphatic rings. The van der Waals surface area contributed by atoms with Crippen LogP contribution < -0.4 is 16.0 Å². The van der Waals surface area contributed by atoms with E-state index in [1.54, 1.807) is 54.6 Å². The van der Waals surface area contributed by atoms with Crippen LogP contribution in [0.15, 0.2) is 117 Å². The van der Waals surface area contributed by atoms with Crippen molar-refractivity contribution in [2.45, 2.75) is 9.79 Å². The number of azo groups is 1. The van der Waals surface area contributed by atoms with Crippen molar-refractivity contribution in [3.05, 3.63) is 103 Å². The SMILES string of the molecule is O=C(O)c1cc(N=Nc2ccc(Nc3nc(Nc4ccccc4)nc(Nc4cc(S(=O)(=O)O)cc5cc(S(=O)(=O)O)cc(O)c45)n3)cc2)ccc1O. The highest BCUT2D eigenvalue weighted by molar-refractivity contribution is 7.86. The molecule has 5 aromatic carbocycles. The minimum Gasteiger partial charge on any atom is -0.507 e. The Morgan fingerprint density at radius 1 is 0.596 bits per heavy atom. The summed E-state index contributed by atoms with van der Waals surface area (Å²) in [6, 6.07) is 22.5. The average Bonchev–Trinajstić information content (AvgIpc) is 3.07. The lowest BCUT2D eigenvalue weighted by atomic mass is 10.1. The number of hydrogen-bond acceptors (Lipinski definition) is 15. The van der Waals surface area contributed by atoms with Gasteiger partial charge in [-0.3, -0.25) is 9.11 Å². The first-order chi connectivity index (χ1) is 24.6. The quantitative estimate of drug-likeness (QED) is 0.0535. The van der Waals surface area contributed by atoms with E-state index in [1.807, 2.05) is 0 Å². The minimum absolute atomic E-state index is 0.0133. The Labute approximate surface area is 293 Å². The summed E-state index contributed by atoms with van der Waals surface area (Å²) in [5.74, 6) is -2.59. The molecular formula is C32H24N8O10S2. The number of aromatic hydroxyl groups is 2. The summed E-state index contributed by atoms with van der Waals surface area (Å²) in [4.78, 5) is 23.0. The highest BCUT2D eigenvalue weighted by Gasteiger charge is 2.21. The first kappa shape index (κ1) is 35.1. The third-order valence-corrected chi connectivity index (χ3v) is 8.76. The second-order valence-electron chi connectivity index (χ2n) is 10.8. The molecule has 264 valence electrons. The Balaban J connectivity index is 1.35. The molecule has 0 aliphatic heterocycles. The smallest absolute Gasteiger partial charge is 0.339 e. The molecular weight excluding hydrogens is 721 g/mol. The van der Waals surface area contributed by atoms with Crippen LogP contribution in [-0.4, -0.2) is 62.2 Å². The molecule has 18 nitrogen and oxygen atoms in total. The molecule has 1 aromatic heterocycles. The van der Waals surface area contributed by atoms with Gasteiger partial charge in [0.05, 0.1) is 26.9 Å². The summed E-state index contributed by atoms with van der Waals surface area (Å²) in [6.45, 7) is 0. The molecule has 0 unspecified atom stereocenters. The number of hydrogen-bond donors (Lipinski definition) is 8. The molecule has 8 N–H and O–H groups in total. The average molecular weight is 745 g/mol. The highest BCUT2D eigenvalue weighted by atomic mass is 32.2. The van der Waals surface area contributed by atoms with E-state index in [0.29, 0.717) is 17.1 Å². The van der Waals surface area contributed by atoms with Crippen LogP contribution in [0.3, 0.4) is 0 Å². The fourth-order valence-electron chi connectivity index (χ4n) is 4.76. The predicted molar refractivity (Wildman–Crippen MR) is 187 cm³/mol. The number of aromatic carboxylic acids is 1. The lowest BCUT2D eigenvalue weighted by Gasteiger charge is -2.15. The summed E-state index contributed by atoms with van der Waals surface area (Å²) in [7, 11) is -9.67. The number of anilines is 6. The first-order valence-corrected chi connectivity index (χ1v) is 17.5. The second-order valence-corrected chi connectivity index (χ2v) is 13.6. The van der Waals surface area contributed by atoms with Crippen molar-refractivity contribution in [1.29, 1.82) is 0 Å². The van der Waals surface area contributed by atoms with Crippen molar-refractivity contribution >= 4 is 83.3 Å². The van der Waals surface area contributed by atoms with Crippen LogP contribution in [0.1, 0.15) is 10.4 Å². The maximum Gasteiger partial charge on any atom is 0.339 e. The monoisotopic (exact) mass is 744 g/mol. The number of para-hydroxylation sites is 1. The van der Waals surface area contributed by atoms with E-state index in [2.05, 4.69) is 41.1 Å². The van der Waals surface area contributed by atoms with Gasteiger partial charge in [-0.15, -0.1) is 0 Å². The van der Waals surface area contributed by atoms with Gasteiger partial charge in [0, 0.05) is 22.8 Å². The minimum atomic E-state index is -4.86. The van der Waals surface area contributed by atoms with Crippen LogP contribution in [0.5, 0.6) is 11.5 Å². The molecule has 0 radical (unpaired) electrons. The number of phenols is 2. The molecule has 0 spiro atoms. The standard InChI is InChI=1S/C32H24N8O10S2/c41-26-11-10-21(14-24(26)29(43)44)40-39-20-8-6-19(7-9-20)34-31-36-30(33-18-4-2-1-3-5-18)37-32(38-31)35-25-15-22(51(45,46)47)12-17-13-23(52(48,49)50)16-27(42)28(17)25/h1-16,41-42H,(H,43,44)(H,45,46,47)(H,48,49,50)(H3,33,34,35,36,37,38). The number of aromatic nitrogens is 3. The third-order valence-electron chi connectivity index (χ3n) is 7.10. The number of fused-ring (bicyclic) bond motifs is 1. The zero-order chi connectivity index (χ0) is 37.2. The number of carboxylic acid groups (broad SMARTS) is 1. The van der Waals surface area contributed by atoms with Gasteiger partial charge in [0.1, 0.15) is 17.1 Å². The molecule has 0 saturated heterocycles. The predicted octanol–water partition coefficient (Wildman–Crippen LogP) is 6.27. The number of rotatable bonds is 11. The van der Waals surface area contributed by atoms with Crippen LogP contribution in [0.4, 0.5) is 46.3 Å². The van der Waals surface area contributed by atoms with E-state index in [9.17, 15) is 46.1 Å². The van der Waals surface area contributed by atoms with Gasteiger partial charge < -0.3 is 31.3 Å². The zero-order valence-electron chi connectivity index (χ0n) is 26.1. The Morgan fingerprint density at radius 3 is 1.69 bits per heavy atom. The molecule has 52 heavy (non-hydrogen) atoms. The third kappa shape index (κ3) is 8.17. The van der Waals surface area contributed by atoms with E-state index < -0.39 is 47.5 Å². The summed E-state index contributed by atoms with van der Waals surface area (Å²) in [5.41, 5.74) is 1.16. The van der Waals surface area contributed by atoms with Crippen molar-refractivity contribution in [1.82, 2.24) is 15.0 Å². The van der Waals surface area contributed by atoms with Gasteiger partial charge in [0.25, 0.3) is 20.2 Å². The number of nitrogens with one attached hydrogen (secondary N) is 3. The van der Waals surface area contributed by atoms with E-state index in [-0.39, 0.29) is 45.6 Å². The van der Waals surface area contributed by atoms with Crippen molar-refractivity contribution in [2.75, 3.05) is 16.0 Å². The van der Waals surface area contributed by atoms with E-state index in [1.165, 1.54) is 18.2 Å². The van der Waals surface area contributed by atoms with E-state index in [0.717, 1.165) is 24.3 Å². The van der Waals surface area contributed by atoms with Gasteiger partial charge in [0.2, 0.25) is 17.8 Å². The fraction of sp³-hybridized carbons (Fsp3) is 0. The number of carbonyl (C=O) groups is 1. The summed E-state index contributed by atoms with van der Waals surface area (Å²) in [5, 5.41) is 46.3. The first-order valence-electron chi connectivity index (χ1n) is 14.6. The van der Waals surface area contributed by atoms with Gasteiger partial charge >= 0.3 is 5.97 Å². The Bertz CT molecular complexity index is 2600. The number of phenolic OH excluding ortho intramolecular Hbond substituents is 1. The van der Waals surface area contributed by atoms with Gasteiger partial charge in [-0.1, -0.05) is 18.2 Å². The van der Waals surface area contributed by atoms with Crippen LogP contribution in [0.25, 0.3) is 10.8 Å². The lowest BCUT2D eigenvalue weighted by Crippen LogP contribution is -2.08. The molecule has 0 aliphatic carbocycles. The van der Waals surface area contributed by atoms with Crippen molar-refractivity contribution in [2.24, 2.45) is 10.2 Å². The molecule has 20 heteroatoms. The summed E-state index contributed by atoms with van der Waals surface area (Å²) in [6.07, 6.45) is 0. The summed E-state index contributed by atoms with van der Waals surface area (Å²) >= 11 is 0. The fourth-order valence-corrected chi connectivity index (χ4v) is 5.84. The summed E-state index contributed by atoms with van der Waals surface area (Å²) < 4.78 is 67.2. The Kier molecular flexibility index (Phi) is 9.37. The Hall–Kier alpha value is -6.74. The van der Waals surface area contributed by atoms with Gasteiger partial charge in [-0.05, 0) is 78.2 Å².